The highest BCUT2D eigenvalue weighted by atomic mass is 16.5. The van der Waals surface area contributed by atoms with Crippen LogP contribution in [0.5, 0.6) is 11.5 Å². The molecule has 1 N–H and O–H groups in total. The molecule has 0 saturated heterocycles. The zero-order valence-corrected chi connectivity index (χ0v) is 19.4. The predicted octanol–water partition coefficient (Wildman–Crippen LogP) is 5.24. The van der Waals surface area contributed by atoms with E-state index in [4.69, 9.17) is 4.74 Å². The number of ether oxygens (including phenoxy) is 1. The lowest BCUT2D eigenvalue weighted by Gasteiger charge is -2.27. The summed E-state index contributed by atoms with van der Waals surface area (Å²) < 4.78 is 5.48. The molecular weight excluding hydrogens is 390 g/mol. The standard InChI is InChI=1S/C26H31NO4/c1-25(2,3)18-12-16(13-19(24(18)30)26(4,5)6)8-11-21(28)17-9-10-20-22(14-17)31-15-23(29)27(20)7/h8-14,30H,15H2,1-7H3. The molecule has 2 aromatic rings. The molecule has 0 bridgehead atoms. The van der Waals surface area contributed by atoms with Crippen LogP contribution in [-0.2, 0) is 15.6 Å². The van der Waals surface area contributed by atoms with Crippen molar-refractivity contribution in [3.05, 3.63) is 58.7 Å². The van der Waals surface area contributed by atoms with Gasteiger partial charge in [0.25, 0.3) is 5.91 Å². The van der Waals surface area contributed by atoms with Crippen LogP contribution >= 0.6 is 0 Å². The minimum atomic E-state index is -0.239. The van der Waals surface area contributed by atoms with Crippen molar-refractivity contribution in [3.8, 4) is 11.5 Å². The fraction of sp³-hybridized carbons (Fsp3) is 0.385. The Hall–Kier alpha value is -3.08. The zero-order chi connectivity index (χ0) is 23.1. The minimum absolute atomic E-state index is 0.0321. The number of fused-ring (bicyclic) bond motifs is 1. The van der Waals surface area contributed by atoms with Crippen LogP contribution < -0.4 is 9.64 Å². The summed E-state index contributed by atoms with van der Waals surface area (Å²) in [5.41, 5.74) is 3.22. The van der Waals surface area contributed by atoms with Gasteiger partial charge in [-0.15, -0.1) is 0 Å². The van der Waals surface area contributed by atoms with Crippen molar-refractivity contribution in [2.24, 2.45) is 0 Å². The van der Waals surface area contributed by atoms with E-state index in [1.807, 2.05) is 12.1 Å². The first-order valence-electron chi connectivity index (χ1n) is 10.4. The summed E-state index contributed by atoms with van der Waals surface area (Å²) in [5, 5.41) is 10.9. The van der Waals surface area contributed by atoms with Gasteiger partial charge in [-0.1, -0.05) is 47.6 Å². The van der Waals surface area contributed by atoms with Crippen LogP contribution in [-0.4, -0.2) is 30.5 Å². The normalized spacial score (nSPS) is 14.5. The number of hydrogen-bond donors (Lipinski definition) is 1. The Morgan fingerprint density at radius 1 is 1.03 bits per heavy atom. The van der Waals surface area contributed by atoms with Crippen LogP contribution in [0.25, 0.3) is 6.08 Å². The number of phenolic OH excluding ortho intramolecular Hbond substituents is 1. The van der Waals surface area contributed by atoms with Crippen molar-refractivity contribution in [1.82, 2.24) is 0 Å². The van der Waals surface area contributed by atoms with Gasteiger partial charge in [-0.2, -0.15) is 0 Å². The molecule has 0 unspecified atom stereocenters. The van der Waals surface area contributed by atoms with Gasteiger partial charge in [-0.3, -0.25) is 9.59 Å². The van der Waals surface area contributed by atoms with Gasteiger partial charge in [0.1, 0.15) is 11.5 Å². The van der Waals surface area contributed by atoms with E-state index in [0.29, 0.717) is 22.7 Å². The molecule has 0 radical (unpaired) electrons. The first-order valence-corrected chi connectivity index (χ1v) is 10.4. The number of allylic oxidation sites excluding steroid dienone is 1. The van der Waals surface area contributed by atoms with Gasteiger partial charge in [0.2, 0.25) is 0 Å². The fourth-order valence-corrected chi connectivity index (χ4v) is 3.60. The molecule has 1 aliphatic heterocycles. The van der Waals surface area contributed by atoms with Crippen LogP contribution in [0, 0.1) is 0 Å². The summed E-state index contributed by atoms with van der Waals surface area (Å²) in [7, 11) is 1.69. The van der Waals surface area contributed by atoms with Crippen molar-refractivity contribution in [2.45, 2.75) is 52.4 Å². The van der Waals surface area contributed by atoms with E-state index in [9.17, 15) is 14.7 Å². The summed E-state index contributed by atoms with van der Waals surface area (Å²) in [6.45, 7) is 12.3. The van der Waals surface area contributed by atoms with Crippen LogP contribution in [0.1, 0.15) is 68.6 Å². The Bertz CT molecular complexity index is 1030. The van der Waals surface area contributed by atoms with E-state index in [1.54, 1.807) is 31.3 Å². The molecule has 0 spiro atoms. The second kappa shape index (κ2) is 7.88. The molecule has 3 rings (SSSR count). The highest BCUT2D eigenvalue weighted by Crippen LogP contribution is 2.40. The van der Waals surface area contributed by atoms with Gasteiger partial charge >= 0.3 is 0 Å². The maximum Gasteiger partial charge on any atom is 0.264 e. The lowest BCUT2D eigenvalue weighted by atomic mass is 9.78. The minimum Gasteiger partial charge on any atom is -0.507 e. The highest BCUT2D eigenvalue weighted by molar-refractivity contribution is 6.08. The third-order valence-corrected chi connectivity index (χ3v) is 5.51. The number of hydrogen-bond acceptors (Lipinski definition) is 4. The molecule has 1 heterocycles. The lowest BCUT2D eigenvalue weighted by molar-refractivity contribution is -0.120. The molecule has 0 saturated carbocycles. The summed E-state index contributed by atoms with van der Waals surface area (Å²) in [6, 6.07) is 8.96. The predicted molar refractivity (Wildman–Crippen MR) is 124 cm³/mol. The fourth-order valence-electron chi connectivity index (χ4n) is 3.60. The number of carbonyl (C=O) groups is 2. The Morgan fingerprint density at radius 2 is 1.61 bits per heavy atom. The van der Waals surface area contributed by atoms with E-state index in [0.717, 1.165) is 16.7 Å². The summed E-state index contributed by atoms with van der Waals surface area (Å²) >= 11 is 0. The third kappa shape index (κ3) is 4.66. The summed E-state index contributed by atoms with van der Waals surface area (Å²) in [5.74, 6) is 0.557. The number of anilines is 1. The number of carbonyl (C=O) groups excluding carboxylic acids is 2. The monoisotopic (exact) mass is 421 g/mol. The van der Waals surface area contributed by atoms with E-state index in [1.165, 1.54) is 11.0 Å². The topological polar surface area (TPSA) is 66.8 Å². The number of likely N-dealkylation sites (N-methyl/N-ethyl adjacent to an activating group) is 1. The molecule has 0 atom stereocenters. The second-order valence-corrected chi connectivity index (χ2v) is 10.1. The van der Waals surface area contributed by atoms with Crippen molar-refractivity contribution in [1.29, 1.82) is 0 Å². The first-order chi connectivity index (χ1) is 14.3. The third-order valence-electron chi connectivity index (χ3n) is 5.51. The van der Waals surface area contributed by atoms with Crippen molar-refractivity contribution in [3.63, 3.8) is 0 Å². The smallest absolute Gasteiger partial charge is 0.264 e. The number of rotatable bonds is 3. The van der Waals surface area contributed by atoms with E-state index in [-0.39, 0.29) is 29.1 Å². The molecule has 1 aliphatic rings. The molecule has 31 heavy (non-hydrogen) atoms. The van der Waals surface area contributed by atoms with Gasteiger partial charge in [0.15, 0.2) is 12.4 Å². The van der Waals surface area contributed by atoms with Gasteiger partial charge in [-0.25, -0.2) is 0 Å². The zero-order valence-electron chi connectivity index (χ0n) is 19.4. The maximum absolute atomic E-state index is 12.8. The van der Waals surface area contributed by atoms with E-state index < -0.39 is 0 Å². The van der Waals surface area contributed by atoms with E-state index >= 15 is 0 Å². The number of nitrogens with zero attached hydrogens (tertiary/aromatic N) is 1. The Balaban J connectivity index is 1.95. The molecule has 0 aliphatic carbocycles. The molecular formula is C26H31NO4. The van der Waals surface area contributed by atoms with Crippen molar-refractivity contribution < 1.29 is 19.4 Å². The number of amides is 1. The van der Waals surface area contributed by atoms with Gasteiger partial charge in [0, 0.05) is 23.7 Å². The first kappa shape index (κ1) is 22.6. The number of benzene rings is 2. The number of phenols is 1. The van der Waals surface area contributed by atoms with Crippen molar-refractivity contribution in [2.75, 3.05) is 18.6 Å². The highest BCUT2D eigenvalue weighted by Gasteiger charge is 2.26. The quantitative estimate of drug-likeness (QED) is 0.544. The molecule has 0 fully saturated rings. The maximum atomic E-state index is 12.8. The number of ketones is 1. The molecule has 1 amide bonds. The lowest BCUT2D eigenvalue weighted by Crippen LogP contribution is -2.35. The van der Waals surface area contributed by atoms with E-state index in [2.05, 4.69) is 41.5 Å². The van der Waals surface area contributed by atoms with Gasteiger partial charge < -0.3 is 14.7 Å². The molecule has 2 aromatic carbocycles. The largest absolute Gasteiger partial charge is 0.507 e. The van der Waals surface area contributed by atoms with Gasteiger partial charge in [-0.05, 0) is 52.8 Å². The van der Waals surface area contributed by atoms with Gasteiger partial charge in [0.05, 0.1) is 5.69 Å². The van der Waals surface area contributed by atoms with Crippen LogP contribution in [0.15, 0.2) is 36.4 Å². The summed E-state index contributed by atoms with van der Waals surface area (Å²) in [6.07, 6.45) is 3.31. The molecule has 0 aromatic heterocycles. The molecule has 164 valence electrons. The number of aromatic hydroxyl groups is 1. The van der Waals surface area contributed by atoms with Crippen molar-refractivity contribution >= 4 is 23.5 Å². The Labute approximate surface area is 184 Å². The van der Waals surface area contributed by atoms with Crippen LogP contribution in [0.4, 0.5) is 5.69 Å². The Morgan fingerprint density at radius 3 is 2.16 bits per heavy atom. The van der Waals surface area contributed by atoms with Crippen LogP contribution in [0.3, 0.4) is 0 Å². The molecule has 5 nitrogen and oxygen atoms in total. The average Bonchev–Trinajstić information content (AvgIpc) is 2.67. The van der Waals surface area contributed by atoms with Crippen LogP contribution in [0.2, 0.25) is 0 Å². The molecule has 5 heteroatoms. The SMILES string of the molecule is CN1C(=O)COc2cc(C(=O)C=Cc3cc(C(C)(C)C)c(O)c(C(C)(C)C)c3)ccc21. The second-order valence-electron chi connectivity index (χ2n) is 10.1. The average molecular weight is 422 g/mol. The Kier molecular flexibility index (Phi) is 5.74. The summed E-state index contributed by atoms with van der Waals surface area (Å²) in [4.78, 5) is 26.1.